The van der Waals surface area contributed by atoms with Gasteiger partial charge in [0.25, 0.3) is 5.91 Å². The molecule has 1 N–H and O–H groups in total. The van der Waals surface area contributed by atoms with Gasteiger partial charge < -0.3 is 5.32 Å². The Bertz CT molecular complexity index is 501. The first kappa shape index (κ1) is 11.7. The molecule has 88 valence electrons. The van der Waals surface area contributed by atoms with Gasteiger partial charge in [-0.15, -0.1) is 11.3 Å². The first-order chi connectivity index (χ1) is 8.27. The highest BCUT2D eigenvalue weighted by molar-refractivity contribution is 7.07. The van der Waals surface area contributed by atoms with Crippen LogP contribution in [-0.2, 0) is 6.42 Å². The number of carbonyl (C=O) groups is 1. The van der Waals surface area contributed by atoms with Crippen LogP contribution in [0.2, 0.25) is 0 Å². The quantitative estimate of drug-likeness (QED) is 0.841. The summed E-state index contributed by atoms with van der Waals surface area (Å²) in [5.41, 5.74) is 2.62. The molecule has 2 heterocycles. The van der Waals surface area contributed by atoms with E-state index in [4.69, 9.17) is 0 Å². The molecule has 0 bridgehead atoms. The maximum atomic E-state index is 13.2. The molecule has 0 aromatic carbocycles. The summed E-state index contributed by atoms with van der Waals surface area (Å²) in [6.07, 6.45) is 1.94. The van der Waals surface area contributed by atoms with Crippen molar-refractivity contribution in [3.05, 3.63) is 46.4 Å². The lowest BCUT2D eigenvalue weighted by molar-refractivity contribution is 0.0949. The summed E-state index contributed by atoms with van der Waals surface area (Å²) in [5.74, 6) is -1.20. The van der Waals surface area contributed by atoms with Crippen LogP contribution in [0, 0.1) is 5.95 Å². The van der Waals surface area contributed by atoms with Crippen LogP contribution in [-0.4, -0.2) is 22.4 Å². The van der Waals surface area contributed by atoms with Gasteiger partial charge in [0.1, 0.15) is 0 Å². The molecule has 4 nitrogen and oxygen atoms in total. The van der Waals surface area contributed by atoms with Crippen molar-refractivity contribution in [2.24, 2.45) is 0 Å². The molecular formula is C11H10FN3OS. The van der Waals surface area contributed by atoms with E-state index in [0.717, 1.165) is 5.69 Å². The SMILES string of the molecule is O=C(NCCc1cscn1)c1cccnc1F. The Hall–Kier alpha value is -1.82. The van der Waals surface area contributed by atoms with Gasteiger partial charge in [0.2, 0.25) is 5.95 Å². The predicted octanol–water partition coefficient (Wildman–Crippen LogP) is 1.65. The van der Waals surface area contributed by atoms with Crippen molar-refractivity contribution in [2.45, 2.75) is 6.42 Å². The van der Waals surface area contributed by atoms with Crippen molar-refractivity contribution in [1.82, 2.24) is 15.3 Å². The smallest absolute Gasteiger partial charge is 0.255 e. The summed E-state index contributed by atoms with van der Waals surface area (Å²) in [6.45, 7) is 0.427. The number of aromatic nitrogens is 2. The highest BCUT2D eigenvalue weighted by Gasteiger charge is 2.10. The number of hydrogen-bond acceptors (Lipinski definition) is 4. The standard InChI is InChI=1S/C11H10FN3OS/c12-10-9(2-1-4-13-10)11(16)14-5-3-8-6-17-7-15-8/h1-2,4,6-7H,3,5H2,(H,14,16). The molecule has 2 rings (SSSR count). The lowest BCUT2D eigenvalue weighted by Gasteiger charge is -2.04. The average Bonchev–Trinajstić information content (AvgIpc) is 2.82. The second-order valence-electron chi connectivity index (χ2n) is 3.33. The van der Waals surface area contributed by atoms with Crippen molar-refractivity contribution in [2.75, 3.05) is 6.54 Å². The van der Waals surface area contributed by atoms with Crippen LogP contribution in [0.1, 0.15) is 16.1 Å². The molecule has 0 saturated carbocycles. The normalized spacial score (nSPS) is 10.2. The monoisotopic (exact) mass is 251 g/mol. The van der Waals surface area contributed by atoms with Gasteiger partial charge in [-0.25, -0.2) is 9.97 Å². The number of pyridine rings is 1. The van der Waals surface area contributed by atoms with Gasteiger partial charge in [0.15, 0.2) is 0 Å². The minimum absolute atomic E-state index is 0.0363. The fraction of sp³-hybridized carbons (Fsp3) is 0.182. The molecule has 0 unspecified atom stereocenters. The van der Waals surface area contributed by atoms with Crippen molar-refractivity contribution < 1.29 is 9.18 Å². The lowest BCUT2D eigenvalue weighted by Crippen LogP contribution is -2.26. The highest BCUT2D eigenvalue weighted by Crippen LogP contribution is 2.03. The van der Waals surface area contributed by atoms with Crippen molar-refractivity contribution in [3.8, 4) is 0 Å². The van der Waals surface area contributed by atoms with Gasteiger partial charge in [0, 0.05) is 24.5 Å². The van der Waals surface area contributed by atoms with Gasteiger partial charge in [-0.3, -0.25) is 4.79 Å². The molecule has 2 aromatic heterocycles. The molecule has 2 aromatic rings. The second kappa shape index (κ2) is 5.49. The third-order valence-electron chi connectivity index (χ3n) is 2.15. The topological polar surface area (TPSA) is 54.9 Å². The lowest BCUT2D eigenvalue weighted by atomic mass is 10.2. The van der Waals surface area contributed by atoms with Gasteiger partial charge >= 0.3 is 0 Å². The largest absolute Gasteiger partial charge is 0.352 e. The number of nitrogens with one attached hydrogen (secondary N) is 1. The maximum Gasteiger partial charge on any atom is 0.255 e. The summed E-state index contributed by atoms with van der Waals surface area (Å²) >= 11 is 1.50. The van der Waals surface area contributed by atoms with E-state index in [2.05, 4.69) is 15.3 Å². The number of rotatable bonds is 4. The minimum Gasteiger partial charge on any atom is -0.352 e. The molecule has 0 fully saturated rings. The molecule has 6 heteroatoms. The first-order valence-electron chi connectivity index (χ1n) is 5.03. The third kappa shape index (κ3) is 3.07. The molecule has 0 saturated heterocycles. The Balaban J connectivity index is 1.88. The van der Waals surface area contributed by atoms with Crippen molar-refractivity contribution in [3.63, 3.8) is 0 Å². The Morgan fingerprint density at radius 2 is 2.35 bits per heavy atom. The van der Waals surface area contributed by atoms with Crippen LogP contribution < -0.4 is 5.32 Å². The van der Waals surface area contributed by atoms with E-state index >= 15 is 0 Å². The number of nitrogens with zero attached hydrogens (tertiary/aromatic N) is 2. The summed E-state index contributed by atoms with van der Waals surface area (Å²) in [7, 11) is 0. The van der Waals surface area contributed by atoms with Gasteiger partial charge in [-0.1, -0.05) is 0 Å². The number of thiazole rings is 1. The van der Waals surface area contributed by atoms with Crippen LogP contribution in [0.15, 0.2) is 29.2 Å². The highest BCUT2D eigenvalue weighted by atomic mass is 32.1. The number of carbonyl (C=O) groups excluding carboxylic acids is 1. The zero-order valence-corrected chi connectivity index (χ0v) is 9.71. The van der Waals surface area contributed by atoms with Crippen LogP contribution >= 0.6 is 11.3 Å². The Labute approximate surface area is 102 Å². The summed E-state index contributed by atoms with van der Waals surface area (Å²) < 4.78 is 13.2. The zero-order chi connectivity index (χ0) is 12.1. The molecule has 0 aliphatic carbocycles. The van der Waals surface area contributed by atoms with E-state index in [1.165, 1.54) is 29.7 Å². The van der Waals surface area contributed by atoms with E-state index in [1.54, 1.807) is 5.51 Å². The van der Waals surface area contributed by atoms with E-state index in [1.807, 2.05) is 5.38 Å². The number of amides is 1. The van der Waals surface area contributed by atoms with Crippen LogP contribution in [0.25, 0.3) is 0 Å². The predicted molar refractivity (Wildman–Crippen MR) is 62.3 cm³/mol. The maximum absolute atomic E-state index is 13.2. The van der Waals surface area contributed by atoms with E-state index in [9.17, 15) is 9.18 Å². The Kier molecular flexibility index (Phi) is 3.77. The van der Waals surface area contributed by atoms with Crippen LogP contribution in [0.4, 0.5) is 4.39 Å². The molecule has 0 atom stereocenters. The molecule has 0 spiro atoms. The molecule has 0 aliphatic heterocycles. The van der Waals surface area contributed by atoms with E-state index in [-0.39, 0.29) is 5.56 Å². The summed E-state index contributed by atoms with van der Waals surface area (Å²) in [5, 5.41) is 4.54. The molecule has 1 amide bonds. The minimum atomic E-state index is -0.751. The second-order valence-corrected chi connectivity index (χ2v) is 4.05. The summed E-state index contributed by atoms with van der Waals surface area (Å²) in [4.78, 5) is 19.1. The Morgan fingerprint density at radius 3 is 3.06 bits per heavy atom. The van der Waals surface area contributed by atoms with Crippen LogP contribution in [0.3, 0.4) is 0 Å². The van der Waals surface area contributed by atoms with Crippen molar-refractivity contribution >= 4 is 17.2 Å². The number of halogens is 1. The van der Waals surface area contributed by atoms with Gasteiger partial charge in [-0.2, -0.15) is 4.39 Å². The van der Waals surface area contributed by atoms with Crippen molar-refractivity contribution in [1.29, 1.82) is 0 Å². The average molecular weight is 251 g/mol. The molecule has 0 aliphatic rings. The van der Waals surface area contributed by atoms with Crippen LogP contribution in [0.5, 0.6) is 0 Å². The number of hydrogen-bond donors (Lipinski definition) is 1. The third-order valence-corrected chi connectivity index (χ3v) is 2.79. The van der Waals surface area contributed by atoms with Gasteiger partial charge in [0.05, 0.1) is 16.8 Å². The molecular weight excluding hydrogens is 241 g/mol. The Morgan fingerprint density at radius 1 is 1.47 bits per heavy atom. The molecule has 17 heavy (non-hydrogen) atoms. The fourth-order valence-electron chi connectivity index (χ4n) is 1.32. The fourth-order valence-corrected chi connectivity index (χ4v) is 1.91. The van der Waals surface area contributed by atoms with E-state index in [0.29, 0.717) is 13.0 Å². The molecule has 0 radical (unpaired) electrons. The zero-order valence-electron chi connectivity index (χ0n) is 8.89. The first-order valence-corrected chi connectivity index (χ1v) is 5.97. The van der Waals surface area contributed by atoms with E-state index < -0.39 is 11.9 Å². The summed E-state index contributed by atoms with van der Waals surface area (Å²) in [6, 6.07) is 2.93. The van der Waals surface area contributed by atoms with Gasteiger partial charge in [-0.05, 0) is 12.1 Å².